The van der Waals surface area contributed by atoms with Crippen molar-refractivity contribution in [2.75, 3.05) is 31.7 Å². The van der Waals surface area contributed by atoms with Gasteiger partial charge < -0.3 is 19.7 Å². The smallest absolute Gasteiger partial charge is 0.338 e. The van der Waals surface area contributed by atoms with Crippen LogP contribution in [0, 0.1) is 10.1 Å². The third-order valence-corrected chi connectivity index (χ3v) is 4.84. The number of ether oxygens (including phenoxy) is 2. The second-order valence-electron chi connectivity index (χ2n) is 6.86. The summed E-state index contributed by atoms with van der Waals surface area (Å²) in [6.45, 7) is 1.30. The molecule has 9 heteroatoms. The van der Waals surface area contributed by atoms with E-state index in [1.54, 1.807) is 25.3 Å². The van der Waals surface area contributed by atoms with Gasteiger partial charge in [0, 0.05) is 25.7 Å². The van der Waals surface area contributed by atoms with Crippen molar-refractivity contribution in [2.24, 2.45) is 0 Å². The highest BCUT2D eigenvalue weighted by Crippen LogP contribution is 2.31. The molecule has 3 rings (SSSR count). The first-order valence-corrected chi connectivity index (χ1v) is 9.58. The minimum Gasteiger partial charge on any atom is -0.497 e. The van der Waals surface area contributed by atoms with Crippen molar-refractivity contribution < 1.29 is 24.0 Å². The quantitative estimate of drug-likeness (QED) is 0.402. The highest BCUT2D eigenvalue weighted by Gasteiger charge is 2.24. The number of methoxy groups -OCH3 is 1. The molecule has 0 radical (unpaired) electrons. The molecule has 1 N–H and O–H groups in total. The molecule has 1 aliphatic rings. The maximum Gasteiger partial charge on any atom is 0.338 e. The summed E-state index contributed by atoms with van der Waals surface area (Å²) < 4.78 is 10.1. The number of carbonyl (C=O) groups excluding carboxylic acids is 2. The Morgan fingerprint density at radius 1 is 1.13 bits per heavy atom. The Hall–Kier alpha value is -3.62. The number of nitro benzene ring substituents is 1. The average Bonchev–Trinajstić information content (AvgIpc) is 3.30. The average molecular weight is 413 g/mol. The van der Waals surface area contributed by atoms with Gasteiger partial charge in [-0.1, -0.05) is 12.1 Å². The van der Waals surface area contributed by atoms with E-state index >= 15 is 0 Å². The molecule has 1 heterocycles. The fourth-order valence-electron chi connectivity index (χ4n) is 3.23. The molecule has 0 aliphatic carbocycles. The van der Waals surface area contributed by atoms with Crippen LogP contribution < -0.4 is 15.0 Å². The first kappa shape index (κ1) is 21.1. The number of nitrogens with zero attached hydrogens (tertiary/aromatic N) is 2. The van der Waals surface area contributed by atoms with Gasteiger partial charge in [0.2, 0.25) is 0 Å². The topological polar surface area (TPSA) is 111 Å². The molecule has 0 bridgehead atoms. The first-order valence-electron chi connectivity index (χ1n) is 9.58. The van der Waals surface area contributed by atoms with E-state index in [2.05, 4.69) is 5.32 Å². The lowest BCUT2D eigenvalue weighted by Crippen LogP contribution is -2.28. The summed E-state index contributed by atoms with van der Waals surface area (Å²) >= 11 is 0. The predicted molar refractivity (Wildman–Crippen MR) is 110 cm³/mol. The van der Waals surface area contributed by atoms with Gasteiger partial charge in [-0.15, -0.1) is 0 Å². The van der Waals surface area contributed by atoms with Crippen molar-refractivity contribution in [1.29, 1.82) is 0 Å². The molecule has 0 aromatic heterocycles. The van der Waals surface area contributed by atoms with Crippen molar-refractivity contribution in [2.45, 2.75) is 19.4 Å². The molecule has 1 saturated heterocycles. The monoisotopic (exact) mass is 413 g/mol. The SMILES string of the molecule is COc1ccc(CNC(=O)COC(=O)c2ccc(N3CCCC3)c([N+](=O)[O-])c2)cc1. The van der Waals surface area contributed by atoms with Crippen LogP contribution in [0.15, 0.2) is 42.5 Å². The van der Waals surface area contributed by atoms with Gasteiger partial charge in [0.25, 0.3) is 11.6 Å². The van der Waals surface area contributed by atoms with E-state index in [4.69, 9.17) is 9.47 Å². The van der Waals surface area contributed by atoms with Crippen LogP contribution in [0.2, 0.25) is 0 Å². The number of esters is 1. The van der Waals surface area contributed by atoms with Crippen LogP contribution in [0.5, 0.6) is 5.75 Å². The number of carbonyl (C=O) groups is 2. The van der Waals surface area contributed by atoms with Crippen LogP contribution in [0.1, 0.15) is 28.8 Å². The lowest BCUT2D eigenvalue weighted by molar-refractivity contribution is -0.384. The van der Waals surface area contributed by atoms with Crippen molar-refractivity contribution >= 4 is 23.3 Å². The van der Waals surface area contributed by atoms with E-state index in [0.717, 1.165) is 31.5 Å². The molecule has 1 aliphatic heterocycles. The van der Waals surface area contributed by atoms with E-state index in [1.165, 1.54) is 12.1 Å². The number of nitrogens with one attached hydrogen (secondary N) is 1. The van der Waals surface area contributed by atoms with Crippen LogP contribution >= 0.6 is 0 Å². The molecule has 0 saturated carbocycles. The van der Waals surface area contributed by atoms with E-state index in [1.807, 2.05) is 17.0 Å². The Morgan fingerprint density at radius 2 is 1.83 bits per heavy atom. The van der Waals surface area contributed by atoms with Gasteiger partial charge in [-0.2, -0.15) is 0 Å². The van der Waals surface area contributed by atoms with Crippen LogP contribution in [-0.4, -0.2) is 43.6 Å². The Kier molecular flexibility index (Phi) is 6.84. The zero-order valence-electron chi connectivity index (χ0n) is 16.6. The Balaban J connectivity index is 1.55. The van der Waals surface area contributed by atoms with E-state index < -0.39 is 23.4 Å². The van der Waals surface area contributed by atoms with E-state index in [9.17, 15) is 19.7 Å². The Bertz CT molecular complexity index is 923. The van der Waals surface area contributed by atoms with Gasteiger partial charge in [-0.05, 0) is 42.7 Å². The minimum absolute atomic E-state index is 0.0348. The van der Waals surface area contributed by atoms with Crippen LogP contribution in [0.3, 0.4) is 0 Å². The second kappa shape index (κ2) is 9.73. The third kappa shape index (κ3) is 5.25. The van der Waals surface area contributed by atoms with Gasteiger partial charge in [-0.3, -0.25) is 14.9 Å². The molecule has 2 aromatic rings. The molecule has 30 heavy (non-hydrogen) atoms. The molecule has 0 unspecified atom stereocenters. The fourth-order valence-corrected chi connectivity index (χ4v) is 3.23. The number of nitro groups is 1. The predicted octanol–water partition coefficient (Wildman–Crippen LogP) is 2.68. The summed E-state index contributed by atoms with van der Waals surface area (Å²) in [7, 11) is 1.57. The van der Waals surface area contributed by atoms with Gasteiger partial charge in [-0.25, -0.2) is 4.79 Å². The molecule has 0 atom stereocenters. The summed E-state index contributed by atoms with van der Waals surface area (Å²) in [5.74, 6) is -0.545. The molecule has 1 fully saturated rings. The number of anilines is 1. The summed E-state index contributed by atoms with van der Waals surface area (Å²) in [5.41, 5.74) is 1.25. The van der Waals surface area contributed by atoms with Crippen molar-refractivity contribution in [3.63, 3.8) is 0 Å². The number of benzene rings is 2. The largest absolute Gasteiger partial charge is 0.497 e. The number of hydrogen-bond donors (Lipinski definition) is 1. The molecule has 158 valence electrons. The maximum atomic E-state index is 12.2. The Morgan fingerprint density at radius 3 is 2.47 bits per heavy atom. The number of amides is 1. The zero-order chi connectivity index (χ0) is 21.5. The highest BCUT2D eigenvalue weighted by molar-refractivity contribution is 5.93. The van der Waals surface area contributed by atoms with Crippen molar-refractivity contribution in [3.8, 4) is 5.75 Å². The molecule has 9 nitrogen and oxygen atoms in total. The van der Waals surface area contributed by atoms with Crippen molar-refractivity contribution in [3.05, 3.63) is 63.7 Å². The van der Waals surface area contributed by atoms with E-state index in [0.29, 0.717) is 11.4 Å². The van der Waals surface area contributed by atoms with Gasteiger partial charge in [0.15, 0.2) is 6.61 Å². The van der Waals surface area contributed by atoms with Crippen molar-refractivity contribution in [1.82, 2.24) is 5.32 Å². The van der Waals surface area contributed by atoms with Gasteiger partial charge in [0.1, 0.15) is 11.4 Å². The second-order valence-corrected chi connectivity index (χ2v) is 6.86. The van der Waals surface area contributed by atoms with Crippen LogP contribution in [0.25, 0.3) is 0 Å². The lowest BCUT2D eigenvalue weighted by atomic mass is 10.1. The summed E-state index contributed by atoms with van der Waals surface area (Å²) in [6.07, 6.45) is 1.96. The standard InChI is InChI=1S/C21H23N3O6/c1-29-17-7-4-15(5-8-17)13-22-20(25)14-30-21(26)16-6-9-18(19(12-16)24(27)28)23-10-2-3-11-23/h4-9,12H,2-3,10-11,13-14H2,1H3,(H,22,25). The zero-order valence-corrected chi connectivity index (χ0v) is 16.6. The number of hydrogen-bond acceptors (Lipinski definition) is 7. The van der Waals surface area contributed by atoms with Gasteiger partial charge >= 0.3 is 5.97 Å². The molecular formula is C21H23N3O6. The molecular weight excluding hydrogens is 390 g/mol. The normalized spacial score (nSPS) is 13.0. The van der Waals surface area contributed by atoms with E-state index in [-0.39, 0.29) is 17.8 Å². The molecule has 0 spiro atoms. The van der Waals surface area contributed by atoms with Crippen LogP contribution in [-0.2, 0) is 16.1 Å². The van der Waals surface area contributed by atoms with Crippen LogP contribution in [0.4, 0.5) is 11.4 Å². The first-order chi connectivity index (χ1) is 14.5. The Labute approximate surface area is 173 Å². The lowest BCUT2D eigenvalue weighted by Gasteiger charge is -2.17. The highest BCUT2D eigenvalue weighted by atomic mass is 16.6. The fraction of sp³-hybridized carbons (Fsp3) is 0.333. The number of rotatable bonds is 8. The molecule has 1 amide bonds. The summed E-state index contributed by atoms with van der Waals surface area (Å²) in [4.78, 5) is 37.1. The molecule has 2 aromatic carbocycles. The maximum absolute atomic E-state index is 12.2. The third-order valence-electron chi connectivity index (χ3n) is 4.84. The summed E-state index contributed by atoms with van der Waals surface area (Å²) in [5, 5.41) is 14.1. The minimum atomic E-state index is -0.786. The van der Waals surface area contributed by atoms with Gasteiger partial charge in [0.05, 0.1) is 17.6 Å². The summed E-state index contributed by atoms with van der Waals surface area (Å²) in [6, 6.07) is 11.4.